The van der Waals surface area contributed by atoms with E-state index in [-0.39, 0.29) is 32.3 Å². The Labute approximate surface area is 189 Å². The van der Waals surface area contributed by atoms with Crippen LogP contribution in [0.5, 0.6) is 0 Å². The van der Waals surface area contributed by atoms with Gasteiger partial charge in [-0.05, 0) is 25.1 Å². The number of aromatic carboxylic acids is 1. The number of hydrogen-bond acceptors (Lipinski definition) is 5. The largest absolute Gasteiger partial charge is 0.478 e. The van der Waals surface area contributed by atoms with Crippen molar-refractivity contribution in [2.24, 2.45) is 0 Å². The van der Waals surface area contributed by atoms with E-state index in [1.807, 2.05) is 19.1 Å². The van der Waals surface area contributed by atoms with E-state index in [2.05, 4.69) is 10.3 Å². The molecular weight excluding hydrogens is 457 g/mol. The minimum Gasteiger partial charge on any atom is -0.478 e. The van der Waals surface area contributed by atoms with Crippen molar-refractivity contribution in [3.05, 3.63) is 80.2 Å². The summed E-state index contributed by atoms with van der Waals surface area (Å²) in [5.74, 6) is -2.24. The molecule has 4 aromatic rings. The Balaban J connectivity index is 1.81. The lowest BCUT2D eigenvalue weighted by Crippen LogP contribution is -2.30. The molecule has 0 saturated carbocycles. The van der Waals surface area contributed by atoms with E-state index in [0.717, 1.165) is 27.5 Å². The number of thiophene rings is 1. The number of nitrogens with zero attached hydrogens (tertiary/aromatic N) is 2. The van der Waals surface area contributed by atoms with Gasteiger partial charge in [0.25, 0.3) is 5.56 Å². The summed E-state index contributed by atoms with van der Waals surface area (Å²) in [6, 6.07) is 10.9. The zero-order valence-corrected chi connectivity index (χ0v) is 18.1. The van der Waals surface area contributed by atoms with Gasteiger partial charge in [-0.2, -0.15) is 0 Å². The number of anilines is 1. The molecule has 2 N–H and O–H groups in total. The topological polar surface area (TPSA) is 101 Å². The maximum Gasteiger partial charge on any atom is 0.337 e. The van der Waals surface area contributed by atoms with E-state index in [0.29, 0.717) is 5.56 Å². The van der Waals surface area contributed by atoms with E-state index in [9.17, 15) is 23.9 Å². The molecule has 32 heavy (non-hydrogen) atoms. The Morgan fingerprint density at radius 3 is 2.59 bits per heavy atom. The number of benzene rings is 2. The van der Waals surface area contributed by atoms with Crippen molar-refractivity contribution in [3.8, 4) is 11.4 Å². The Hall–Kier alpha value is -3.56. The first kappa shape index (κ1) is 21.7. The summed E-state index contributed by atoms with van der Waals surface area (Å²) in [6.07, 6.45) is 0. The molecule has 0 bridgehead atoms. The first-order valence-electron chi connectivity index (χ1n) is 9.32. The highest BCUT2D eigenvalue weighted by molar-refractivity contribution is 7.17. The Kier molecular flexibility index (Phi) is 5.77. The van der Waals surface area contributed by atoms with Crippen LogP contribution < -0.4 is 10.9 Å². The molecule has 2 heterocycles. The summed E-state index contributed by atoms with van der Waals surface area (Å²) in [4.78, 5) is 42.3. The third-order valence-electron chi connectivity index (χ3n) is 4.74. The standard InChI is InChI=1S/C22H15ClFN3O4S/c1-11-2-4-12(5-3-11)19-26-20-18(14(10-32-20)22(30)31)21(29)27(19)9-17(28)25-13-6-7-16(24)15(23)8-13/h2-8,10H,9H2,1H3,(H,25,28)(H,30,31). The van der Waals surface area contributed by atoms with Crippen molar-refractivity contribution in [1.29, 1.82) is 0 Å². The van der Waals surface area contributed by atoms with Gasteiger partial charge in [0, 0.05) is 16.6 Å². The van der Waals surface area contributed by atoms with Crippen LogP contribution in [0.3, 0.4) is 0 Å². The van der Waals surface area contributed by atoms with Crippen LogP contribution in [0, 0.1) is 12.7 Å². The van der Waals surface area contributed by atoms with Crippen LogP contribution in [0.25, 0.3) is 21.6 Å². The molecule has 2 aromatic heterocycles. The van der Waals surface area contributed by atoms with Crippen molar-refractivity contribution in [1.82, 2.24) is 9.55 Å². The molecule has 2 aromatic carbocycles. The molecule has 1 amide bonds. The lowest BCUT2D eigenvalue weighted by atomic mass is 10.1. The van der Waals surface area contributed by atoms with E-state index in [4.69, 9.17) is 11.6 Å². The fraction of sp³-hybridized carbons (Fsp3) is 0.0909. The lowest BCUT2D eigenvalue weighted by molar-refractivity contribution is -0.116. The molecule has 0 radical (unpaired) electrons. The molecule has 0 fully saturated rings. The number of halogens is 2. The van der Waals surface area contributed by atoms with Crippen molar-refractivity contribution in [2.75, 3.05) is 5.32 Å². The zero-order chi connectivity index (χ0) is 23.0. The van der Waals surface area contributed by atoms with Gasteiger partial charge in [0.05, 0.1) is 16.0 Å². The third-order valence-corrected chi connectivity index (χ3v) is 5.90. The smallest absolute Gasteiger partial charge is 0.337 e. The Morgan fingerprint density at radius 1 is 1.22 bits per heavy atom. The molecule has 0 atom stereocenters. The van der Waals surface area contributed by atoms with Crippen molar-refractivity contribution < 1.29 is 19.1 Å². The molecule has 0 saturated heterocycles. The van der Waals surface area contributed by atoms with Crippen molar-refractivity contribution >= 4 is 50.7 Å². The van der Waals surface area contributed by atoms with Gasteiger partial charge in [-0.15, -0.1) is 11.3 Å². The Bertz CT molecular complexity index is 1430. The average molecular weight is 472 g/mol. The van der Waals surface area contributed by atoms with E-state index < -0.39 is 29.8 Å². The number of nitrogens with one attached hydrogen (secondary N) is 1. The minimum absolute atomic E-state index is 0.0593. The van der Waals surface area contributed by atoms with Gasteiger partial charge < -0.3 is 10.4 Å². The van der Waals surface area contributed by atoms with Crippen LogP contribution in [0.1, 0.15) is 15.9 Å². The highest BCUT2D eigenvalue weighted by Crippen LogP contribution is 2.26. The summed E-state index contributed by atoms with van der Waals surface area (Å²) in [7, 11) is 0. The van der Waals surface area contributed by atoms with Gasteiger partial charge in [-0.3, -0.25) is 14.2 Å². The van der Waals surface area contributed by atoms with Gasteiger partial charge in [0.15, 0.2) is 0 Å². The summed E-state index contributed by atoms with van der Waals surface area (Å²) >= 11 is 6.80. The minimum atomic E-state index is -1.25. The summed E-state index contributed by atoms with van der Waals surface area (Å²) in [5.41, 5.74) is 1.03. The van der Waals surface area contributed by atoms with Gasteiger partial charge in [-0.1, -0.05) is 41.4 Å². The first-order valence-corrected chi connectivity index (χ1v) is 10.6. The monoisotopic (exact) mass is 471 g/mol. The first-order chi connectivity index (χ1) is 15.2. The van der Waals surface area contributed by atoms with Gasteiger partial charge >= 0.3 is 5.97 Å². The number of carboxylic acids is 1. The predicted molar refractivity (Wildman–Crippen MR) is 121 cm³/mol. The van der Waals surface area contributed by atoms with Crippen molar-refractivity contribution in [3.63, 3.8) is 0 Å². The molecule has 10 heteroatoms. The van der Waals surface area contributed by atoms with Crippen LogP contribution in [-0.2, 0) is 11.3 Å². The SMILES string of the molecule is Cc1ccc(-c2nc3scc(C(=O)O)c3c(=O)n2CC(=O)Nc2ccc(F)c(Cl)c2)cc1. The fourth-order valence-electron chi connectivity index (χ4n) is 3.17. The van der Waals surface area contributed by atoms with Crippen molar-refractivity contribution in [2.45, 2.75) is 13.5 Å². The molecule has 4 rings (SSSR count). The number of amides is 1. The maximum absolute atomic E-state index is 13.4. The van der Waals surface area contributed by atoms with Crippen LogP contribution in [0.2, 0.25) is 5.02 Å². The number of carbonyl (C=O) groups is 2. The molecule has 0 aliphatic rings. The summed E-state index contributed by atoms with van der Waals surface area (Å²) in [6.45, 7) is 1.47. The highest BCUT2D eigenvalue weighted by Gasteiger charge is 2.21. The normalized spacial score (nSPS) is 11.0. The molecular formula is C22H15ClFN3O4S. The number of aromatic nitrogens is 2. The highest BCUT2D eigenvalue weighted by atomic mass is 35.5. The second-order valence-electron chi connectivity index (χ2n) is 7.00. The molecule has 0 unspecified atom stereocenters. The average Bonchev–Trinajstić information content (AvgIpc) is 3.18. The molecule has 0 spiro atoms. The fourth-order valence-corrected chi connectivity index (χ4v) is 4.25. The van der Waals surface area contributed by atoms with E-state index >= 15 is 0 Å². The summed E-state index contributed by atoms with van der Waals surface area (Å²) < 4.78 is 14.5. The van der Waals surface area contributed by atoms with E-state index in [1.54, 1.807) is 12.1 Å². The summed E-state index contributed by atoms with van der Waals surface area (Å²) in [5, 5.41) is 13.1. The predicted octanol–water partition coefficient (Wildman–Crippen LogP) is 4.56. The Morgan fingerprint density at radius 2 is 1.94 bits per heavy atom. The second kappa shape index (κ2) is 8.52. The van der Waals surface area contributed by atoms with Crippen LogP contribution in [0.4, 0.5) is 10.1 Å². The van der Waals surface area contributed by atoms with Gasteiger partial charge in [0.2, 0.25) is 5.91 Å². The van der Waals surface area contributed by atoms with Gasteiger partial charge in [-0.25, -0.2) is 14.2 Å². The van der Waals surface area contributed by atoms with Crippen LogP contribution in [-0.4, -0.2) is 26.5 Å². The quantitative estimate of drug-likeness (QED) is 0.444. The zero-order valence-electron chi connectivity index (χ0n) is 16.6. The van der Waals surface area contributed by atoms with Crippen LogP contribution in [0.15, 0.2) is 52.6 Å². The number of carbonyl (C=O) groups excluding carboxylic acids is 1. The lowest BCUT2D eigenvalue weighted by Gasteiger charge is -2.13. The number of fused-ring (bicyclic) bond motifs is 1. The van der Waals surface area contributed by atoms with E-state index in [1.165, 1.54) is 17.5 Å². The van der Waals surface area contributed by atoms with Crippen LogP contribution >= 0.6 is 22.9 Å². The third kappa shape index (κ3) is 4.12. The molecule has 7 nitrogen and oxygen atoms in total. The molecule has 162 valence electrons. The molecule has 0 aliphatic carbocycles. The number of carboxylic acid groups (broad SMARTS) is 1. The second-order valence-corrected chi connectivity index (χ2v) is 8.27. The number of aryl methyl sites for hydroxylation is 1. The number of rotatable bonds is 5. The maximum atomic E-state index is 13.4. The van der Waals surface area contributed by atoms with Gasteiger partial charge in [0.1, 0.15) is 23.0 Å². The molecule has 0 aliphatic heterocycles. The number of hydrogen-bond donors (Lipinski definition) is 2.